The summed E-state index contributed by atoms with van der Waals surface area (Å²) in [5.74, 6) is 1.25. The summed E-state index contributed by atoms with van der Waals surface area (Å²) in [6.45, 7) is 5.47. The molecule has 170 valence electrons. The highest BCUT2D eigenvalue weighted by atomic mass is 32.2. The van der Waals surface area contributed by atoms with Crippen LogP contribution in [0.15, 0.2) is 24.3 Å². The maximum Gasteiger partial charge on any atom is 0.216 e. The Kier molecular flexibility index (Phi) is 7.47. The van der Waals surface area contributed by atoms with Crippen molar-refractivity contribution < 1.29 is 17.9 Å². The first-order valence-electron chi connectivity index (χ1n) is 10.3. The third-order valence-corrected chi connectivity index (χ3v) is 7.50. The second-order valence-electron chi connectivity index (χ2n) is 7.66. The fourth-order valence-electron chi connectivity index (χ4n) is 3.47. The summed E-state index contributed by atoms with van der Waals surface area (Å²) in [6.07, 6.45) is 0.633. The average Bonchev–Trinajstić information content (AvgIpc) is 3.11. The number of fused-ring (bicyclic) bond motifs is 3. The molecule has 3 rings (SSSR count). The first kappa shape index (κ1) is 23.4. The van der Waals surface area contributed by atoms with Crippen LogP contribution in [0.25, 0.3) is 21.9 Å². The molecule has 0 unspecified atom stereocenters. The lowest BCUT2D eigenvalue weighted by atomic mass is 10.2. The Hall–Kier alpha value is -2.27. The molecule has 2 heterocycles. The van der Waals surface area contributed by atoms with Crippen LogP contribution in [-0.2, 0) is 32.5 Å². The third-order valence-electron chi connectivity index (χ3n) is 5.26. The van der Waals surface area contributed by atoms with Gasteiger partial charge in [0.05, 0.1) is 36.1 Å². The van der Waals surface area contributed by atoms with Crippen molar-refractivity contribution in [1.82, 2.24) is 18.8 Å². The van der Waals surface area contributed by atoms with E-state index < -0.39 is 15.3 Å². The van der Waals surface area contributed by atoms with Crippen molar-refractivity contribution in [2.75, 3.05) is 46.3 Å². The highest BCUT2D eigenvalue weighted by molar-refractivity contribution is 7.89. The van der Waals surface area contributed by atoms with Crippen molar-refractivity contribution in [3.63, 3.8) is 0 Å². The Morgan fingerprint density at radius 3 is 2.61 bits per heavy atom. The van der Waals surface area contributed by atoms with Gasteiger partial charge < -0.3 is 19.8 Å². The van der Waals surface area contributed by atoms with E-state index >= 15 is 0 Å². The van der Waals surface area contributed by atoms with Gasteiger partial charge in [-0.3, -0.25) is 0 Å². The Labute approximate surface area is 183 Å². The lowest BCUT2D eigenvalue weighted by Crippen LogP contribution is -2.35. The van der Waals surface area contributed by atoms with Gasteiger partial charge >= 0.3 is 0 Å². The van der Waals surface area contributed by atoms with E-state index in [1.807, 2.05) is 24.3 Å². The monoisotopic (exact) mass is 449 g/mol. The van der Waals surface area contributed by atoms with Gasteiger partial charge in [0, 0.05) is 39.1 Å². The first-order chi connectivity index (χ1) is 14.8. The highest BCUT2D eigenvalue weighted by Crippen LogP contribution is 2.28. The van der Waals surface area contributed by atoms with E-state index in [2.05, 4.69) is 9.55 Å². The molecule has 31 heavy (non-hydrogen) atoms. The van der Waals surface area contributed by atoms with Gasteiger partial charge in [-0.1, -0.05) is 18.2 Å². The van der Waals surface area contributed by atoms with Crippen LogP contribution in [0.3, 0.4) is 0 Å². The number of hydrogen-bond donors (Lipinski definition) is 1. The maximum absolute atomic E-state index is 12.2. The first-order valence-corrected chi connectivity index (χ1v) is 11.8. The van der Waals surface area contributed by atoms with Crippen LogP contribution in [0.1, 0.15) is 19.7 Å². The highest BCUT2D eigenvalue weighted by Gasteiger charge is 2.21. The maximum atomic E-state index is 12.2. The van der Waals surface area contributed by atoms with Gasteiger partial charge in [-0.2, -0.15) is 0 Å². The fraction of sp³-hybridized carbons (Fsp3) is 0.524. The smallest absolute Gasteiger partial charge is 0.216 e. The molecule has 2 N–H and O–H groups in total. The van der Waals surface area contributed by atoms with E-state index in [9.17, 15) is 8.42 Å². The standard InChI is InChI=1S/C21H31N5O4S/c1-15(2)31(27,28)25(3)10-13-30-14-11-26-18(9-12-29-4)24-19-20(26)16-7-5-6-8-17(16)23-21(19)22/h5-8,15H,9-14H2,1-4H3,(H2,22,23). The molecule has 10 heteroatoms. The van der Waals surface area contributed by atoms with Gasteiger partial charge in [-0.05, 0) is 19.9 Å². The molecule has 0 radical (unpaired) electrons. The molecule has 2 aromatic heterocycles. The van der Waals surface area contributed by atoms with Crippen molar-refractivity contribution in [2.45, 2.75) is 32.1 Å². The summed E-state index contributed by atoms with van der Waals surface area (Å²) < 4.78 is 38.8. The van der Waals surface area contributed by atoms with Crippen LogP contribution in [0.5, 0.6) is 0 Å². The second kappa shape index (κ2) is 9.90. The minimum absolute atomic E-state index is 0.307. The molecule has 1 aromatic carbocycles. The lowest BCUT2D eigenvalue weighted by molar-refractivity contribution is 0.118. The number of ether oxygens (including phenoxy) is 2. The summed E-state index contributed by atoms with van der Waals surface area (Å²) in [5.41, 5.74) is 8.61. The Morgan fingerprint density at radius 2 is 1.90 bits per heavy atom. The number of pyridine rings is 1. The average molecular weight is 450 g/mol. The number of benzene rings is 1. The molecule has 3 aromatic rings. The predicted molar refractivity (Wildman–Crippen MR) is 123 cm³/mol. The van der Waals surface area contributed by atoms with E-state index in [0.29, 0.717) is 50.7 Å². The van der Waals surface area contributed by atoms with Gasteiger partial charge in [-0.25, -0.2) is 22.7 Å². The zero-order chi connectivity index (χ0) is 22.6. The number of sulfonamides is 1. The molecule has 9 nitrogen and oxygen atoms in total. The van der Waals surface area contributed by atoms with Crippen LogP contribution in [0.2, 0.25) is 0 Å². The normalized spacial score (nSPS) is 12.6. The van der Waals surface area contributed by atoms with Gasteiger partial charge in [0.1, 0.15) is 11.3 Å². The SMILES string of the molecule is COCCc1nc2c(N)nc3ccccc3c2n1CCOCCN(C)S(=O)(=O)C(C)C. The lowest BCUT2D eigenvalue weighted by Gasteiger charge is -2.19. The number of hydrogen-bond acceptors (Lipinski definition) is 7. The quantitative estimate of drug-likeness (QED) is 0.446. The molecular weight excluding hydrogens is 418 g/mol. The fourth-order valence-corrected chi connectivity index (χ4v) is 4.52. The van der Waals surface area contributed by atoms with Gasteiger partial charge in [-0.15, -0.1) is 0 Å². The number of anilines is 1. The van der Waals surface area contributed by atoms with Crippen molar-refractivity contribution in [2.24, 2.45) is 0 Å². The summed E-state index contributed by atoms with van der Waals surface area (Å²) in [7, 11) is -0.0467. The molecule has 0 amide bonds. The Morgan fingerprint density at radius 1 is 1.16 bits per heavy atom. The van der Waals surface area contributed by atoms with E-state index in [-0.39, 0.29) is 0 Å². The van der Waals surface area contributed by atoms with Crippen LogP contribution in [0.4, 0.5) is 5.82 Å². The van der Waals surface area contributed by atoms with Crippen molar-refractivity contribution in [3.8, 4) is 0 Å². The van der Waals surface area contributed by atoms with Gasteiger partial charge in [0.15, 0.2) is 5.82 Å². The Balaban J connectivity index is 1.79. The number of rotatable bonds is 11. The van der Waals surface area contributed by atoms with Crippen LogP contribution in [0, 0.1) is 0 Å². The number of nitrogen functional groups attached to an aromatic ring is 1. The molecule has 0 saturated heterocycles. The number of aromatic nitrogens is 3. The zero-order valence-electron chi connectivity index (χ0n) is 18.5. The largest absolute Gasteiger partial charge is 0.384 e. The van der Waals surface area contributed by atoms with E-state index in [1.54, 1.807) is 28.0 Å². The minimum atomic E-state index is -3.28. The molecule has 0 saturated carbocycles. The van der Waals surface area contributed by atoms with Crippen LogP contribution < -0.4 is 5.73 Å². The summed E-state index contributed by atoms with van der Waals surface area (Å²) in [6, 6.07) is 7.83. The number of likely N-dealkylation sites (N-methyl/N-ethyl adjacent to an activating group) is 1. The van der Waals surface area contributed by atoms with Crippen LogP contribution in [-0.4, -0.2) is 73.0 Å². The summed E-state index contributed by atoms with van der Waals surface area (Å²) >= 11 is 0. The number of methoxy groups -OCH3 is 1. The summed E-state index contributed by atoms with van der Waals surface area (Å²) in [5, 5.41) is 0.524. The number of nitrogens with zero attached hydrogens (tertiary/aromatic N) is 4. The van der Waals surface area contributed by atoms with Crippen LogP contribution >= 0.6 is 0 Å². The Bertz CT molecular complexity index is 1140. The minimum Gasteiger partial charge on any atom is -0.384 e. The topological polar surface area (TPSA) is 113 Å². The predicted octanol–water partition coefficient (Wildman–Crippen LogP) is 2.04. The third kappa shape index (κ3) is 4.98. The molecule has 0 fully saturated rings. The van der Waals surface area contributed by atoms with Crippen molar-refractivity contribution >= 4 is 37.8 Å². The molecule has 0 aliphatic carbocycles. The summed E-state index contributed by atoms with van der Waals surface area (Å²) in [4.78, 5) is 9.21. The molecule has 0 atom stereocenters. The molecular formula is C21H31N5O4S. The zero-order valence-corrected chi connectivity index (χ0v) is 19.4. The van der Waals surface area contributed by atoms with Gasteiger partial charge in [0.2, 0.25) is 10.0 Å². The van der Waals surface area contributed by atoms with E-state index in [0.717, 1.165) is 22.2 Å². The second-order valence-corrected chi connectivity index (χ2v) is 10.3. The van der Waals surface area contributed by atoms with Gasteiger partial charge in [0.25, 0.3) is 0 Å². The molecule has 0 aliphatic rings. The number of para-hydroxylation sites is 1. The molecule has 0 spiro atoms. The number of nitrogens with two attached hydrogens (primary N) is 1. The van der Waals surface area contributed by atoms with E-state index in [1.165, 1.54) is 4.31 Å². The van der Waals surface area contributed by atoms with E-state index in [4.69, 9.17) is 20.2 Å². The molecule has 0 bridgehead atoms. The number of imidazole rings is 1. The molecule has 0 aliphatic heterocycles. The van der Waals surface area contributed by atoms with Crippen molar-refractivity contribution in [3.05, 3.63) is 30.1 Å². The van der Waals surface area contributed by atoms with Crippen molar-refractivity contribution in [1.29, 1.82) is 0 Å².